The van der Waals surface area contributed by atoms with Crippen LogP contribution in [-0.2, 0) is 22.8 Å². The molecule has 0 spiro atoms. The Bertz CT molecular complexity index is 512. The molecule has 1 aromatic heterocycles. The third-order valence-corrected chi connectivity index (χ3v) is 5.68. The molecule has 5 nitrogen and oxygen atoms in total. The number of ether oxygens (including phenoxy) is 1. The summed E-state index contributed by atoms with van der Waals surface area (Å²) in [5, 5.41) is 4.28. The Morgan fingerprint density at radius 1 is 1.39 bits per heavy atom. The van der Waals surface area contributed by atoms with E-state index >= 15 is 0 Å². The first-order chi connectivity index (χ1) is 11.2. The van der Waals surface area contributed by atoms with Crippen LogP contribution in [0.1, 0.15) is 44.2 Å². The van der Waals surface area contributed by atoms with Gasteiger partial charge < -0.3 is 9.64 Å². The molecule has 128 valence electrons. The van der Waals surface area contributed by atoms with Gasteiger partial charge in [-0.15, -0.1) is 11.6 Å². The van der Waals surface area contributed by atoms with Crippen molar-refractivity contribution in [3.05, 3.63) is 18.0 Å². The van der Waals surface area contributed by atoms with Crippen LogP contribution < -0.4 is 0 Å². The predicted molar refractivity (Wildman–Crippen MR) is 89.0 cm³/mol. The molecule has 0 unspecified atom stereocenters. The number of aromatic nitrogens is 2. The van der Waals surface area contributed by atoms with Crippen LogP contribution in [0.5, 0.6) is 0 Å². The fourth-order valence-electron chi connectivity index (χ4n) is 3.80. The Hall–Kier alpha value is -1.07. The van der Waals surface area contributed by atoms with Gasteiger partial charge in [-0.2, -0.15) is 5.10 Å². The number of rotatable bonds is 8. The summed E-state index contributed by atoms with van der Waals surface area (Å²) >= 11 is 5.93. The standard InChI is InChI=1S/C17H26ClN3O2/c1-23-12-21-15(8-9-19-21)11-20(16(22)10-18)17(13-4-2-5-13)14-6-3-7-14/h8-9,13-14,17H,2-7,10-12H2,1H3. The molecule has 0 radical (unpaired) electrons. The van der Waals surface area contributed by atoms with Crippen LogP contribution in [0, 0.1) is 11.8 Å². The molecule has 0 bridgehead atoms. The van der Waals surface area contributed by atoms with Crippen LogP contribution >= 0.6 is 11.6 Å². The number of alkyl halides is 1. The second-order valence-electron chi connectivity index (χ2n) is 6.77. The minimum Gasteiger partial charge on any atom is -0.362 e. The highest BCUT2D eigenvalue weighted by Crippen LogP contribution is 2.43. The predicted octanol–water partition coefficient (Wildman–Crippen LogP) is 3.02. The van der Waals surface area contributed by atoms with Gasteiger partial charge in [0.15, 0.2) is 0 Å². The number of methoxy groups -OCH3 is 1. The molecule has 2 fully saturated rings. The molecule has 2 aliphatic rings. The van der Waals surface area contributed by atoms with Gasteiger partial charge in [-0.3, -0.25) is 4.79 Å². The molecule has 0 aromatic carbocycles. The van der Waals surface area contributed by atoms with Crippen molar-refractivity contribution in [3.63, 3.8) is 0 Å². The van der Waals surface area contributed by atoms with Gasteiger partial charge in [-0.1, -0.05) is 12.8 Å². The van der Waals surface area contributed by atoms with E-state index in [9.17, 15) is 4.79 Å². The highest BCUT2D eigenvalue weighted by atomic mass is 35.5. The lowest BCUT2D eigenvalue weighted by Gasteiger charge is -2.48. The van der Waals surface area contributed by atoms with Crippen LogP contribution in [0.2, 0.25) is 0 Å². The fourth-order valence-corrected chi connectivity index (χ4v) is 3.95. The maximum atomic E-state index is 12.6. The van der Waals surface area contributed by atoms with Crippen molar-refractivity contribution in [3.8, 4) is 0 Å². The maximum absolute atomic E-state index is 12.6. The highest BCUT2D eigenvalue weighted by molar-refractivity contribution is 6.27. The zero-order valence-corrected chi connectivity index (χ0v) is 14.5. The third kappa shape index (κ3) is 3.56. The molecule has 0 N–H and O–H groups in total. The Kier molecular flexibility index (Phi) is 5.59. The van der Waals surface area contributed by atoms with Crippen molar-refractivity contribution in [2.24, 2.45) is 11.8 Å². The molecule has 1 amide bonds. The van der Waals surface area contributed by atoms with Gasteiger partial charge in [0.25, 0.3) is 0 Å². The first-order valence-electron chi connectivity index (χ1n) is 8.59. The lowest BCUT2D eigenvalue weighted by atomic mass is 9.68. The normalized spacial score (nSPS) is 18.7. The second-order valence-corrected chi connectivity index (χ2v) is 7.03. The second kappa shape index (κ2) is 7.67. The summed E-state index contributed by atoms with van der Waals surface area (Å²) in [6, 6.07) is 2.31. The molecule has 2 aliphatic carbocycles. The number of halogens is 1. The Morgan fingerprint density at radius 3 is 2.52 bits per heavy atom. The monoisotopic (exact) mass is 339 g/mol. The minimum atomic E-state index is 0.0423. The Balaban J connectivity index is 1.80. The highest BCUT2D eigenvalue weighted by Gasteiger charge is 2.41. The van der Waals surface area contributed by atoms with E-state index in [1.165, 1.54) is 38.5 Å². The zero-order chi connectivity index (χ0) is 16.2. The van der Waals surface area contributed by atoms with Gasteiger partial charge in [0.2, 0.25) is 5.91 Å². The van der Waals surface area contributed by atoms with Gasteiger partial charge in [-0.25, -0.2) is 4.68 Å². The van der Waals surface area contributed by atoms with Crippen LogP contribution in [-0.4, -0.2) is 39.6 Å². The molecule has 1 heterocycles. The van der Waals surface area contributed by atoms with E-state index in [0.717, 1.165) is 5.69 Å². The average molecular weight is 340 g/mol. The SMILES string of the molecule is COCn1nccc1CN(C(=O)CCl)C(C1CCC1)C1CCC1. The van der Waals surface area contributed by atoms with E-state index in [1.807, 2.05) is 15.6 Å². The largest absolute Gasteiger partial charge is 0.362 e. The fraction of sp³-hybridized carbons (Fsp3) is 0.765. The smallest absolute Gasteiger partial charge is 0.238 e. The summed E-state index contributed by atoms with van der Waals surface area (Å²) in [5.41, 5.74) is 1.01. The number of carbonyl (C=O) groups is 1. The first kappa shape index (κ1) is 16.8. The van der Waals surface area contributed by atoms with Crippen LogP contribution in [0.3, 0.4) is 0 Å². The zero-order valence-electron chi connectivity index (χ0n) is 13.8. The minimum absolute atomic E-state index is 0.0423. The van der Waals surface area contributed by atoms with E-state index in [1.54, 1.807) is 13.3 Å². The molecule has 3 rings (SSSR count). The van der Waals surface area contributed by atoms with Gasteiger partial charge in [0, 0.05) is 19.3 Å². The van der Waals surface area contributed by atoms with Crippen LogP contribution in [0.25, 0.3) is 0 Å². The molecule has 0 saturated heterocycles. The van der Waals surface area contributed by atoms with Crippen LogP contribution in [0.15, 0.2) is 12.3 Å². The summed E-state index contributed by atoms with van der Waals surface area (Å²) in [4.78, 5) is 14.6. The van der Waals surface area contributed by atoms with E-state index in [0.29, 0.717) is 31.2 Å². The summed E-state index contributed by atoms with van der Waals surface area (Å²) in [5.74, 6) is 1.38. The van der Waals surface area contributed by atoms with Crippen molar-refractivity contribution >= 4 is 17.5 Å². The molecule has 0 aliphatic heterocycles. The molecule has 2 saturated carbocycles. The molecule has 23 heavy (non-hydrogen) atoms. The third-order valence-electron chi connectivity index (χ3n) is 5.45. The van der Waals surface area contributed by atoms with Crippen LogP contribution in [0.4, 0.5) is 0 Å². The van der Waals surface area contributed by atoms with Crippen molar-refractivity contribution in [2.45, 2.75) is 57.8 Å². The quantitative estimate of drug-likeness (QED) is 0.684. The van der Waals surface area contributed by atoms with Crippen molar-refractivity contribution in [1.82, 2.24) is 14.7 Å². The topological polar surface area (TPSA) is 47.4 Å². The van der Waals surface area contributed by atoms with Gasteiger partial charge >= 0.3 is 0 Å². The van der Waals surface area contributed by atoms with Gasteiger partial charge in [0.05, 0.1) is 12.2 Å². The molecule has 0 atom stereocenters. The average Bonchev–Trinajstić information content (AvgIpc) is 2.87. The number of amides is 1. The van der Waals surface area contributed by atoms with E-state index in [2.05, 4.69) is 5.10 Å². The lowest BCUT2D eigenvalue weighted by Crippen LogP contribution is -2.52. The van der Waals surface area contributed by atoms with Gasteiger partial charge in [0.1, 0.15) is 12.6 Å². The van der Waals surface area contributed by atoms with Crippen molar-refractivity contribution < 1.29 is 9.53 Å². The summed E-state index contributed by atoms with van der Waals surface area (Å²) in [7, 11) is 1.65. The number of carbonyl (C=O) groups excluding carboxylic acids is 1. The molecule has 6 heteroatoms. The summed E-state index contributed by atoms with van der Waals surface area (Å²) in [6.45, 7) is 0.981. The van der Waals surface area contributed by atoms with E-state index in [-0.39, 0.29) is 11.8 Å². The Labute approximate surface area is 142 Å². The number of hydrogen-bond donors (Lipinski definition) is 0. The van der Waals surface area contributed by atoms with E-state index < -0.39 is 0 Å². The number of nitrogens with zero attached hydrogens (tertiary/aromatic N) is 3. The lowest BCUT2D eigenvalue weighted by molar-refractivity contribution is -0.137. The van der Waals surface area contributed by atoms with E-state index in [4.69, 9.17) is 16.3 Å². The first-order valence-corrected chi connectivity index (χ1v) is 9.13. The molecular formula is C17H26ClN3O2. The van der Waals surface area contributed by atoms with Gasteiger partial charge in [-0.05, 0) is 43.6 Å². The molecule has 1 aromatic rings. The summed E-state index contributed by atoms with van der Waals surface area (Å²) in [6.07, 6.45) is 9.31. The maximum Gasteiger partial charge on any atom is 0.238 e. The van der Waals surface area contributed by atoms with Crippen molar-refractivity contribution in [1.29, 1.82) is 0 Å². The Morgan fingerprint density at radius 2 is 2.04 bits per heavy atom. The number of hydrogen-bond acceptors (Lipinski definition) is 3. The van der Waals surface area contributed by atoms with Crippen molar-refractivity contribution in [2.75, 3.05) is 13.0 Å². The summed E-state index contributed by atoms with van der Waals surface area (Å²) < 4.78 is 7.00. The molecular weight excluding hydrogens is 314 g/mol.